The zero-order valence-corrected chi connectivity index (χ0v) is 12.0. The standard InChI is InChI=1S/C16H16FN3O/c1-3-20(14-6-5-13(9-18)19-10-14)11-12-4-7-16(21-2)15(17)8-12/h4-8,10H,3,11H2,1-2H3. The van der Waals surface area contributed by atoms with Crippen LogP contribution in [0.4, 0.5) is 10.1 Å². The molecule has 2 aromatic rings. The SMILES string of the molecule is CCN(Cc1ccc(OC)c(F)c1)c1ccc(C#N)nc1. The third kappa shape index (κ3) is 3.48. The Morgan fingerprint density at radius 2 is 2.14 bits per heavy atom. The van der Waals surface area contributed by atoms with Crippen LogP contribution in [-0.2, 0) is 6.54 Å². The lowest BCUT2D eigenvalue weighted by Crippen LogP contribution is -2.22. The van der Waals surface area contributed by atoms with Crippen LogP contribution in [0.15, 0.2) is 36.5 Å². The van der Waals surface area contributed by atoms with Crippen molar-refractivity contribution in [3.8, 4) is 11.8 Å². The van der Waals surface area contributed by atoms with Crippen LogP contribution >= 0.6 is 0 Å². The van der Waals surface area contributed by atoms with Gasteiger partial charge >= 0.3 is 0 Å². The maximum atomic E-state index is 13.7. The zero-order chi connectivity index (χ0) is 15.2. The number of hydrogen-bond donors (Lipinski definition) is 0. The van der Waals surface area contributed by atoms with Gasteiger partial charge in [0.25, 0.3) is 0 Å². The van der Waals surface area contributed by atoms with Crippen molar-refractivity contribution in [2.75, 3.05) is 18.6 Å². The van der Waals surface area contributed by atoms with Crippen molar-refractivity contribution < 1.29 is 9.13 Å². The Morgan fingerprint density at radius 3 is 2.67 bits per heavy atom. The number of halogens is 1. The molecule has 0 spiro atoms. The van der Waals surface area contributed by atoms with Crippen LogP contribution in [-0.4, -0.2) is 18.6 Å². The van der Waals surface area contributed by atoms with Crippen LogP contribution in [0.1, 0.15) is 18.2 Å². The van der Waals surface area contributed by atoms with Crippen molar-refractivity contribution in [1.29, 1.82) is 5.26 Å². The minimum Gasteiger partial charge on any atom is -0.494 e. The molecule has 0 unspecified atom stereocenters. The second kappa shape index (κ2) is 6.71. The second-order valence-corrected chi connectivity index (χ2v) is 4.50. The molecule has 4 nitrogen and oxygen atoms in total. The number of nitrogens with zero attached hydrogens (tertiary/aromatic N) is 3. The Morgan fingerprint density at radius 1 is 1.33 bits per heavy atom. The molecular weight excluding hydrogens is 269 g/mol. The number of ether oxygens (including phenoxy) is 1. The molecule has 0 saturated carbocycles. The average Bonchev–Trinajstić information content (AvgIpc) is 2.53. The molecule has 1 aromatic carbocycles. The number of hydrogen-bond acceptors (Lipinski definition) is 4. The third-order valence-electron chi connectivity index (χ3n) is 3.20. The van der Waals surface area contributed by atoms with E-state index in [-0.39, 0.29) is 11.6 Å². The normalized spacial score (nSPS) is 10.0. The maximum absolute atomic E-state index is 13.7. The number of aromatic nitrogens is 1. The molecule has 0 fully saturated rings. The fraction of sp³-hybridized carbons (Fsp3) is 0.250. The summed E-state index contributed by atoms with van der Waals surface area (Å²) in [5.41, 5.74) is 2.12. The van der Waals surface area contributed by atoms with E-state index in [1.165, 1.54) is 13.2 Å². The molecule has 0 saturated heterocycles. The summed E-state index contributed by atoms with van der Waals surface area (Å²) < 4.78 is 18.6. The molecule has 0 aliphatic rings. The molecule has 0 bridgehead atoms. The zero-order valence-electron chi connectivity index (χ0n) is 12.0. The molecule has 1 aromatic heterocycles. The van der Waals surface area contributed by atoms with Gasteiger partial charge in [-0.15, -0.1) is 0 Å². The van der Waals surface area contributed by atoms with Crippen molar-refractivity contribution in [3.05, 3.63) is 53.6 Å². The van der Waals surface area contributed by atoms with Crippen molar-refractivity contribution >= 4 is 5.69 Å². The van der Waals surface area contributed by atoms with Crippen LogP contribution in [0, 0.1) is 17.1 Å². The molecule has 0 amide bonds. The average molecular weight is 285 g/mol. The van der Waals surface area contributed by atoms with E-state index in [1.807, 2.05) is 25.1 Å². The largest absolute Gasteiger partial charge is 0.494 e. The van der Waals surface area contributed by atoms with E-state index < -0.39 is 0 Å². The van der Waals surface area contributed by atoms with Gasteiger partial charge in [0, 0.05) is 13.1 Å². The van der Waals surface area contributed by atoms with Gasteiger partial charge in [0.2, 0.25) is 0 Å². The van der Waals surface area contributed by atoms with Crippen molar-refractivity contribution in [1.82, 2.24) is 4.98 Å². The minimum atomic E-state index is -0.371. The molecule has 1 heterocycles. The Balaban J connectivity index is 2.18. The van der Waals surface area contributed by atoms with Crippen LogP contribution in [0.3, 0.4) is 0 Å². The van der Waals surface area contributed by atoms with E-state index in [4.69, 9.17) is 10.00 Å². The third-order valence-corrected chi connectivity index (χ3v) is 3.20. The van der Waals surface area contributed by atoms with Crippen molar-refractivity contribution in [3.63, 3.8) is 0 Å². The highest BCUT2D eigenvalue weighted by atomic mass is 19.1. The molecule has 0 aliphatic carbocycles. The monoisotopic (exact) mass is 285 g/mol. The number of anilines is 1. The van der Waals surface area contributed by atoms with Crippen LogP contribution in [0.5, 0.6) is 5.75 Å². The first kappa shape index (κ1) is 14.8. The van der Waals surface area contributed by atoms with Gasteiger partial charge in [-0.3, -0.25) is 0 Å². The summed E-state index contributed by atoms with van der Waals surface area (Å²) in [4.78, 5) is 6.11. The Kier molecular flexibility index (Phi) is 4.72. The molecule has 0 N–H and O–H groups in total. The maximum Gasteiger partial charge on any atom is 0.165 e. The first-order chi connectivity index (χ1) is 10.2. The van der Waals surface area contributed by atoms with Crippen LogP contribution < -0.4 is 9.64 Å². The predicted molar refractivity (Wildman–Crippen MR) is 78.6 cm³/mol. The molecule has 0 radical (unpaired) electrons. The quantitative estimate of drug-likeness (QED) is 0.847. The lowest BCUT2D eigenvalue weighted by molar-refractivity contribution is 0.386. The fourth-order valence-corrected chi connectivity index (χ4v) is 2.05. The van der Waals surface area contributed by atoms with Crippen LogP contribution in [0.25, 0.3) is 0 Å². The van der Waals surface area contributed by atoms with E-state index in [0.29, 0.717) is 12.2 Å². The highest BCUT2D eigenvalue weighted by Gasteiger charge is 2.09. The summed E-state index contributed by atoms with van der Waals surface area (Å²) in [5, 5.41) is 8.76. The molecular formula is C16H16FN3O. The minimum absolute atomic E-state index is 0.238. The van der Waals surface area contributed by atoms with E-state index in [9.17, 15) is 4.39 Å². The Bertz CT molecular complexity index is 650. The van der Waals surface area contributed by atoms with Gasteiger partial charge in [-0.2, -0.15) is 5.26 Å². The molecule has 0 atom stereocenters. The van der Waals surface area contributed by atoms with Gasteiger partial charge in [0.15, 0.2) is 11.6 Å². The Hall–Kier alpha value is -2.61. The summed E-state index contributed by atoms with van der Waals surface area (Å²) in [6.45, 7) is 3.32. The van der Waals surface area contributed by atoms with Gasteiger partial charge in [-0.05, 0) is 36.8 Å². The molecule has 0 aliphatic heterocycles. The highest BCUT2D eigenvalue weighted by Crippen LogP contribution is 2.21. The number of pyridine rings is 1. The van der Waals surface area contributed by atoms with E-state index >= 15 is 0 Å². The smallest absolute Gasteiger partial charge is 0.165 e. The van der Waals surface area contributed by atoms with E-state index in [2.05, 4.69) is 9.88 Å². The number of nitriles is 1. The molecule has 21 heavy (non-hydrogen) atoms. The summed E-state index contributed by atoms with van der Waals surface area (Å²) in [5.74, 6) is -0.133. The van der Waals surface area contributed by atoms with E-state index in [1.54, 1.807) is 18.3 Å². The van der Waals surface area contributed by atoms with Gasteiger partial charge in [0.05, 0.1) is 19.0 Å². The summed E-state index contributed by atoms with van der Waals surface area (Å²) in [6, 6.07) is 10.4. The molecule has 2 rings (SSSR count). The lowest BCUT2D eigenvalue weighted by Gasteiger charge is -2.23. The highest BCUT2D eigenvalue weighted by molar-refractivity contribution is 5.46. The molecule has 5 heteroatoms. The summed E-state index contributed by atoms with van der Waals surface area (Å²) in [6.07, 6.45) is 1.65. The van der Waals surface area contributed by atoms with Gasteiger partial charge in [0.1, 0.15) is 11.8 Å². The van der Waals surface area contributed by atoms with Gasteiger partial charge in [-0.25, -0.2) is 9.37 Å². The Labute approximate surface area is 123 Å². The number of benzene rings is 1. The predicted octanol–water partition coefficient (Wildman–Crippen LogP) is 3.13. The first-order valence-corrected chi connectivity index (χ1v) is 6.61. The van der Waals surface area contributed by atoms with Gasteiger partial charge in [-0.1, -0.05) is 6.07 Å². The number of rotatable bonds is 5. The number of methoxy groups -OCH3 is 1. The van der Waals surface area contributed by atoms with E-state index in [0.717, 1.165) is 17.8 Å². The molecule has 108 valence electrons. The van der Waals surface area contributed by atoms with Gasteiger partial charge < -0.3 is 9.64 Å². The van der Waals surface area contributed by atoms with Crippen molar-refractivity contribution in [2.45, 2.75) is 13.5 Å². The lowest BCUT2D eigenvalue weighted by atomic mass is 10.2. The summed E-state index contributed by atoms with van der Waals surface area (Å²) >= 11 is 0. The topological polar surface area (TPSA) is 49.1 Å². The summed E-state index contributed by atoms with van der Waals surface area (Å²) in [7, 11) is 1.44. The van der Waals surface area contributed by atoms with Crippen molar-refractivity contribution in [2.24, 2.45) is 0 Å². The van der Waals surface area contributed by atoms with Crippen LogP contribution in [0.2, 0.25) is 0 Å². The fourth-order valence-electron chi connectivity index (χ4n) is 2.05. The first-order valence-electron chi connectivity index (χ1n) is 6.61. The second-order valence-electron chi connectivity index (χ2n) is 4.50.